The predicted molar refractivity (Wildman–Crippen MR) is 222 cm³/mol. The summed E-state index contributed by atoms with van der Waals surface area (Å²) < 4.78 is 6.56. The van der Waals surface area contributed by atoms with Crippen molar-refractivity contribution in [3.63, 3.8) is 0 Å². The van der Waals surface area contributed by atoms with E-state index in [9.17, 15) is 19.2 Å². The molecule has 0 fully saturated rings. The maximum absolute atomic E-state index is 13.1. The molecule has 0 bridgehead atoms. The Bertz CT molecular complexity index is 3610. The molecule has 0 unspecified atom stereocenters. The number of fused-ring (bicyclic) bond motifs is 4. The summed E-state index contributed by atoms with van der Waals surface area (Å²) in [4.78, 5) is 56.4. The lowest BCUT2D eigenvalue weighted by Crippen LogP contribution is -2.31. The minimum atomic E-state index is -0.385. The van der Waals surface area contributed by atoms with E-state index in [1.54, 1.807) is 39.3 Å². The van der Waals surface area contributed by atoms with Gasteiger partial charge in [-0.1, -0.05) is 20.9 Å². The van der Waals surface area contributed by atoms with Crippen LogP contribution < -0.4 is 22.2 Å². The molecule has 0 aliphatic heterocycles. The number of hydrogen-bond donors (Lipinski definition) is 0. The van der Waals surface area contributed by atoms with E-state index in [-0.39, 0.29) is 110 Å². The normalized spacial score (nSPS) is 13.5. The molecular weight excluding hydrogens is 865 g/mol. The molecule has 8 heterocycles. The van der Waals surface area contributed by atoms with Crippen LogP contribution in [-0.4, -0.2) is 141 Å². The molecule has 10 rings (SSSR count). The van der Waals surface area contributed by atoms with Gasteiger partial charge in [0.1, 0.15) is 27.9 Å². The standard InChI is InChI=1S/2C17H18N14O2/c1-9(6-28-11(3)20-23-27-28)30-16(32)12-4-15-13(5-14(12)21-25-30)17(33)31(26-22-15)10(2)7-29-19-8-18-24-29;1-9(6-28-19-8-18-24-28)30-16(32)12-4-15-13(5-14(12)21-26-30)17(33)31(27-22-15)10(2)7-29-23-11(3)20-25-29/h2*4-5,8-10H,6-7H2,1-3H3/t2*9-,10-/m11/s1. The number of benzene rings is 2. The summed E-state index contributed by atoms with van der Waals surface area (Å²) in [6.07, 6.45) is 2.62. The highest BCUT2D eigenvalue weighted by molar-refractivity contribution is 5.94. The fourth-order valence-electron chi connectivity index (χ4n) is 7.00. The smallest absolute Gasteiger partial charge is 0.267 e. The van der Waals surface area contributed by atoms with E-state index in [0.29, 0.717) is 18.2 Å². The van der Waals surface area contributed by atoms with Gasteiger partial charge in [0.15, 0.2) is 18.5 Å². The number of nitrogens with zero attached hydrogens (tertiary/aromatic N) is 28. The predicted octanol–water partition coefficient (Wildman–Crippen LogP) is -2.60. The number of aromatic nitrogens is 28. The molecule has 2 aromatic carbocycles. The van der Waals surface area contributed by atoms with Crippen molar-refractivity contribution in [2.24, 2.45) is 0 Å². The molecule has 10 aromatic rings. The molecule has 4 atom stereocenters. The van der Waals surface area contributed by atoms with Crippen LogP contribution in [0.15, 0.2) is 56.1 Å². The van der Waals surface area contributed by atoms with Crippen LogP contribution in [0.5, 0.6) is 0 Å². The van der Waals surface area contributed by atoms with Crippen LogP contribution in [0.3, 0.4) is 0 Å². The van der Waals surface area contributed by atoms with Crippen molar-refractivity contribution in [2.45, 2.75) is 91.9 Å². The van der Waals surface area contributed by atoms with Crippen molar-refractivity contribution in [3.8, 4) is 0 Å². The lowest BCUT2D eigenvalue weighted by atomic mass is 10.1. The van der Waals surface area contributed by atoms with Crippen LogP contribution in [0.25, 0.3) is 43.6 Å². The molecule has 0 spiro atoms. The number of rotatable bonds is 12. The summed E-state index contributed by atoms with van der Waals surface area (Å²) in [7, 11) is 0. The van der Waals surface area contributed by atoms with Crippen LogP contribution >= 0.6 is 0 Å². The Hall–Kier alpha value is -9.00. The van der Waals surface area contributed by atoms with Crippen LogP contribution in [0.2, 0.25) is 0 Å². The van der Waals surface area contributed by atoms with E-state index in [2.05, 4.69) is 103 Å². The Kier molecular flexibility index (Phi) is 11.1. The Labute approximate surface area is 365 Å². The van der Waals surface area contributed by atoms with Gasteiger partial charge in [-0.3, -0.25) is 19.2 Å². The van der Waals surface area contributed by atoms with Crippen molar-refractivity contribution in [1.82, 2.24) is 141 Å². The molecular formula is C34H36N28O4. The highest BCUT2D eigenvalue weighted by atomic mass is 16.2. The van der Waals surface area contributed by atoms with Crippen molar-refractivity contribution in [3.05, 3.63) is 90.0 Å². The van der Waals surface area contributed by atoms with Crippen molar-refractivity contribution < 1.29 is 0 Å². The van der Waals surface area contributed by atoms with Crippen molar-refractivity contribution >= 4 is 43.6 Å². The van der Waals surface area contributed by atoms with Gasteiger partial charge >= 0.3 is 0 Å². The molecule has 0 amide bonds. The lowest BCUT2D eigenvalue weighted by molar-refractivity contribution is 0.353. The third-order valence-corrected chi connectivity index (χ3v) is 10.4. The molecule has 8 aromatic heterocycles. The first-order valence-electron chi connectivity index (χ1n) is 20.1. The zero-order valence-electron chi connectivity index (χ0n) is 35.8. The van der Waals surface area contributed by atoms with Gasteiger partial charge in [-0.15, -0.1) is 56.1 Å². The summed E-state index contributed by atoms with van der Waals surface area (Å²) in [6, 6.07) is 4.52. The topological polar surface area (TPSA) is 366 Å². The lowest BCUT2D eigenvalue weighted by Gasteiger charge is -2.14. The quantitative estimate of drug-likeness (QED) is 0.113. The zero-order valence-corrected chi connectivity index (χ0v) is 35.8. The van der Waals surface area contributed by atoms with Gasteiger partial charge in [0.25, 0.3) is 22.2 Å². The van der Waals surface area contributed by atoms with E-state index in [0.717, 1.165) is 0 Å². The fraction of sp³-hybridized carbons (Fsp3) is 0.412. The van der Waals surface area contributed by atoms with E-state index < -0.39 is 0 Å². The Morgan fingerprint density at radius 2 is 0.818 bits per heavy atom. The largest absolute Gasteiger partial charge is 0.277 e. The monoisotopic (exact) mass is 900 g/mol. The minimum Gasteiger partial charge on any atom is -0.267 e. The second-order valence-corrected chi connectivity index (χ2v) is 15.3. The third-order valence-electron chi connectivity index (χ3n) is 10.4. The number of aryl methyl sites for hydroxylation is 2. The second-order valence-electron chi connectivity index (χ2n) is 15.3. The first-order chi connectivity index (χ1) is 31.8. The summed E-state index contributed by atoms with van der Waals surface area (Å²) in [5.74, 6) is 1.15. The maximum Gasteiger partial charge on any atom is 0.277 e. The summed E-state index contributed by atoms with van der Waals surface area (Å²) >= 11 is 0. The maximum atomic E-state index is 13.1. The Balaban J connectivity index is 0.000000166. The van der Waals surface area contributed by atoms with Gasteiger partial charge in [-0.25, -0.2) is 23.4 Å². The molecule has 0 aliphatic rings. The van der Waals surface area contributed by atoms with Crippen LogP contribution in [0.1, 0.15) is 63.5 Å². The van der Waals surface area contributed by atoms with Gasteiger partial charge < -0.3 is 0 Å². The van der Waals surface area contributed by atoms with Crippen LogP contribution in [0, 0.1) is 13.8 Å². The molecule has 0 radical (unpaired) electrons. The van der Waals surface area contributed by atoms with Gasteiger partial charge in [0, 0.05) is 0 Å². The van der Waals surface area contributed by atoms with Crippen molar-refractivity contribution in [1.29, 1.82) is 0 Å². The van der Waals surface area contributed by atoms with Gasteiger partial charge in [-0.2, -0.15) is 14.4 Å². The first-order valence-corrected chi connectivity index (χ1v) is 20.1. The molecule has 336 valence electrons. The highest BCUT2D eigenvalue weighted by Crippen LogP contribution is 2.18. The average Bonchev–Trinajstić information content (AvgIpc) is 4.15. The average molecular weight is 901 g/mol. The van der Waals surface area contributed by atoms with Crippen molar-refractivity contribution in [2.75, 3.05) is 0 Å². The molecule has 0 saturated carbocycles. The van der Waals surface area contributed by atoms with Gasteiger partial charge in [0.2, 0.25) is 0 Å². The summed E-state index contributed by atoms with van der Waals surface area (Å²) in [5, 5.41) is 79.9. The highest BCUT2D eigenvalue weighted by Gasteiger charge is 2.20. The van der Waals surface area contributed by atoms with E-state index >= 15 is 0 Å². The number of tetrazole rings is 4. The zero-order chi connectivity index (χ0) is 46.2. The molecule has 0 aliphatic carbocycles. The summed E-state index contributed by atoms with van der Waals surface area (Å²) in [5.41, 5.74) is -0.336. The SMILES string of the molecule is Cc1nnn(C[C@@H](C)n2nnc3cc4c(=O)n([C@H](C)Cn5ncnn5)nnc4cc3c2=O)n1.Cc1nnnn1C[C@@H](C)n1nnc2cc3c(=O)n([C@H](C)Cn4ncnn4)nnc3cc2c1=O. The van der Waals surface area contributed by atoms with E-state index in [4.69, 9.17) is 0 Å². The fourth-order valence-corrected chi connectivity index (χ4v) is 7.00. The van der Waals surface area contributed by atoms with Crippen LogP contribution in [-0.2, 0) is 26.2 Å². The third kappa shape index (κ3) is 8.18. The van der Waals surface area contributed by atoms with Gasteiger partial charge in [0.05, 0.1) is 71.9 Å². The molecule has 32 nitrogen and oxygen atoms in total. The summed E-state index contributed by atoms with van der Waals surface area (Å²) in [6.45, 7) is 11.9. The minimum absolute atomic E-state index is 0.276. The molecule has 66 heavy (non-hydrogen) atoms. The first kappa shape index (κ1) is 42.3. The Morgan fingerprint density at radius 1 is 0.439 bits per heavy atom. The molecule has 0 saturated heterocycles. The second kappa shape index (κ2) is 17.3. The van der Waals surface area contributed by atoms with Crippen LogP contribution in [0.4, 0.5) is 0 Å². The number of hydrogen-bond acceptors (Lipinski definition) is 24. The molecule has 32 heteroatoms. The molecule has 0 N–H and O–H groups in total. The Morgan fingerprint density at radius 3 is 1.14 bits per heavy atom. The van der Waals surface area contributed by atoms with E-state index in [1.807, 2.05) is 6.92 Å². The van der Waals surface area contributed by atoms with Gasteiger partial charge in [-0.05, 0) is 91.9 Å². The van der Waals surface area contributed by atoms with E-state index in [1.165, 1.54) is 70.0 Å².